The summed E-state index contributed by atoms with van der Waals surface area (Å²) >= 11 is 7.62. The molecule has 0 amide bonds. The fourth-order valence-electron chi connectivity index (χ4n) is 1.80. The topological polar surface area (TPSA) is 35.2 Å². The minimum atomic E-state index is 0.640. The third kappa shape index (κ3) is 4.09. The molecule has 0 aliphatic carbocycles. The number of halogens is 1. The van der Waals surface area contributed by atoms with Crippen LogP contribution in [0.15, 0.2) is 41.3 Å². The first-order chi connectivity index (χ1) is 9.56. The van der Waals surface area contributed by atoms with Crippen molar-refractivity contribution in [2.45, 2.75) is 18.7 Å². The second-order valence-electron chi connectivity index (χ2n) is 4.65. The van der Waals surface area contributed by atoms with Crippen LogP contribution < -0.4 is 10.5 Å². The second-order valence-corrected chi connectivity index (χ2v) is 6.22. The van der Waals surface area contributed by atoms with Gasteiger partial charge in [0.2, 0.25) is 0 Å². The lowest BCUT2D eigenvalue weighted by Gasteiger charge is -2.10. The van der Waals surface area contributed by atoms with Crippen LogP contribution in [0.25, 0.3) is 0 Å². The van der Waals surface area contributed by atoms with Gasteiger partial charge in [-0.15, -0.1) is 11.8 Å². The zero-order valence-electron chi connectivity index (χ0n) is 11.7. The lowest BCUT2D eigenvalue weighted by Crippen LogP contribution is -2.02. The molecule has 0 heterocycles. The minimum absolute atomic E-state index is 0.640. The van der Waals surface area contributed by atoms with Crippen molar-refractivity contribution in [3.8, 4) is 5.75 Å². The summed E-state index contributed by atoms with van der Waals surface area (Å²) in [5.41, 5.74) is 9.02. The van der Waals surface area contributed by atoms with Crippen LogP contribution in [0.2, 0.25) is 5.02 Å². The van der Waals surface area contributed by atoms with Crippen LogP contribution in [-0.4, -0.2) is 12.4 Å². The van der Waals surface area contributed by atoms with Crippen LogP contribution in [0, 0.1) is 13.8 Å². The summed E-state index contributed by atoms with van der Waals surface area (Å²) in [5.74, 6) is 1.78. The molecule has 2 rings (SSSR count). The predicted octanol–water partition coefficient (Wildman–Crippen LogP) is 4.71. The Balaban J connectivity index is 1.87. The molecule has 2 nitrogen and oxygen atoms in total. The number of aryl methyl sites for hydroxylation is 2. The summed E-state index contributed by atoms with van der Waals surface area (Å²) in [6.45, 7) is 4.76. The molecule has 0 spiro atoms. The van der Waals surface area contributed by atoms with Gasteiger partial charge in [0, 0.05) is 21.4 Å². The van der Waals surface area contributed by atoms with Gasteiger partial charge in [0.15, 0.2) is 0 Å². The lowest BCUT2D eigenvalue weighted by atomic mass is 10.1. The van der Waals surface area contributed by atoms with E-state index >= 15 is 0 Å². The van der Waals surface area contributed by atoms with E-state index in [2.05, 4.69) is 32.0 Å². The molecule has 0 saturated heterocycles. The maximum absolute atomic E-state index is 5.96. The maximum atomic E-state index is 5.96. The van der Waals surface area contributed by atoms with Crippen LogP contribution >= 0.6 is 23.4 Å². The van der Waals surface area contributed by atoms with E-state index < -0.39 is 0 Å². The van der Waals surface area contributed by atoms with Crippen LogP contribution in [0.4, 0.5) is 5.69 Å². The van der Waals surface area contributed by atoms with Crippen LogP contribution in [0.5, 0.6) is 5.75 Å². The molecule has 4 heteroatoms. The summed E-state index contributed by atoms with van der Waals surface area (Å²) in [6, 6.07) is 11.7. The number of nitrogens with two attached hydrogens (primary N) is 1. The van der Waals surface area contributed by atoms with Crippen LogP contribution in [0.3, 0.4) is 0 Å². The normalized spacial score (nSPS) is 10.6. The minimum Gasteiger partial charge on any atom is -0.492 e. The van der Waals surface area contributed by atoms with Gasteiger partial charge >= 0.3 is 0 Å². The van der Waals surface area contributed by atoms with E-state index in [4.69, 9.17) is 22.1 Å². The van der Waals surface area contributed by atoms with Crippen molar-refractivity contribution in [2.75, 3.05) is 18.1 Å². The third-order valence-electron chi connectivity index (χ3n) is 2.92. The van der Waals surface area contributed by atoms with Crippen molar-refractivity contribution >= 4 is 29.1 Å². The number of hydrogen-bond donors (Lipinski definition) is 1. The monoisotopic (exact) mass is 307 g/mol. The first-order valence-electron chi connectivity index (χ1n) is 6.44. The van der Waals surface area contributed by atoms with E-state index in [1.54, 1.807) is 17.8 Å². The van der Waals surface area contributed by atoms with Crippen molar-refractivity contribution in [3.05, 3.63) is 52.5 Å². The molecular formula is C16H18ClNOS. The number of nitrogen functional groups attached to an aromatic ring is 1. The Morgan fingerprint density at radius 1 is 1.15 bits per heavy atom. The van der Waals surface area contributed by atoms with Gasteiger partial charge in [0.1, 0.15) is 5.75 Å². The zero-order valence-corrected chi connectivity index (χ0v) is 13.2. The quantitative estimate of drug-likeness (QED) is 0.493. The molecule has 0 aliphatic rings. The lowest BCUT2D eigenvalue weighted by molar-refractivity contribution is 0.341. The summed E-state index contributed by atoms with van der Waals surface area (Å²) in [6.07, 6.45) is 0. The maximum Gasteiger partial charge on any atom is 0.122 e. The van der Waals surface area contributed by atoms with E-state index in [1.165, 1.54) is 5.56 Å². The van der Waals surface area contributed by atoms with E-state index in [1.807, 2.05) is 12.1 Å². The van der Waals surface area contributed by atoms with Gasteiger partial charge in [0.05, 0.1) is 6.61 Å². The number of thioether (sulfide) groups is 1. The Morgan fingerprint density at radius 2 is 1.95 bits per heavy atom. The molecule has 2 aromatic rings. The molecule has 0 unspecified atom stereocenters. The van der Waals surface area contributed by atoms with E-state index in [9.17, 15) is 0 Å². The number of anilines is 1. The highest BCUT2D eigenvalue weighted by molar-refractivity contribution is 7.99. The third-order valence-corrected chi connectivity index (χ3v) is 4.19. The standard InChI is InChI=1S/C16H18ClNOS/c1-11-3-4-12(2)15(9-11)19-7-8-20-16-10-13(17)5-6-14(16)18/h3-6,9-10H,7-8,18H2,1-2H3. The highest BCUT2D eigenvalue weighted by Crippen LogP contribution is 2.28. The molecule has 2 N–H and O–H groups in total. The fourth-order valence-corrected chi connectivity index (χ4v) is 2.87. The SMILES string of the molecule is Cc1ccc(C)c(OCCSc2cc(Cl)ccc2N)c1. The molecule has 0 radical (unpaired) electrons. The number of ether oxygens (including phenoxy) is 1. The molecule has 0 bridgehead atoms. The van der Waals surface area contributed by atoms with Gasteiger partial charge in [-0.3, -0.25) is 0 Å². The Hall–Kier alpha value is -1.32. The molecule has 106 valence electrons. The van der Waals surface area contributed by atoms with Gasteiger partial charge < -0.3 is 10.5 Å². The van der Waals surface area contributed by atoms with Crippen LogP contribution in [-0.2, 0) is 0 Å². The van der Waals surface area contributed by atoms with E-state index in [-0.39, 0.29) is 0 Å². The summed E-state index contributed by atoms with van der Waals surface area (Å²) in [4.78, 5) is 1.00. The van der Waals surface area contributed by atoms with Gasteiger partial charge in [-0.2, -0.15) is 0 Å². The second kappa shape index (κ2) is 6.91. The molecule has 0 fully saturated rings. The Bertz CT molecular complexity index is 548. The number of rotatable bonds is 5. The molecule has 2 aromatic carbocycles. The Kier molecular flexibility index (Phi) is 5.21. The Morgan fingerprint density at radius 3 is 2.75 bits per heavy atom. The first kappa shape index (κ1) is 15.1. The first-order valence-corrected chi connectivity index (χ1v) is 7.80. The average molecular weight is 308 g/mol. The van der Waals surface area contributed by atoms with Crippen molar-refractivity contribution in [1.29, 1.82) is 0 Å². The molecule has 0 atom stereocenters. The van der Waals surface area contributed by atoms with Crippen molar-refractivity contribution < 1.29 is 4.74 Å². The number of hydrogen-bond acceptors (Lipinski definition) is 3. The Labute approximate surface area is 129 Å². The van der Waals surface area contributed by atoms with Crippen LogP contribution in [0.1, 0.15) is 11.1 Å². The highest BCUT2D eigenvalue weighted by atomic mass is 35.5. The summed E-state index contributed by atoms with van der Waals surface area (Å²) in [7, 11) is 0. The zero-order chi connectivity index (χ0) is 14.5. The largest absolute Gasteiger partial charge is 0.492 e. The smallest absolute Gasteiger partial charge is 0.122 e. The molecule has 20 heavy (non-hydrogen) atoms. The van der Waals surface area contributed by atoms with Gasteiger partial charge in [-0.05, 0) is 49.2 Å². The van der Waals surface area contributed by atoms with Gasteiger partial charge in [-0.25, -0.2) is 0 Å². The van der Waals surface area contributed by atoms with Gasteiger partial charge in [0.25, 0.3) is 0 Å². The molecule has 0 aliphatic heterocycles. The summed E-state index contributed by atoms with van der Waals surface area (Å²) in [5, 5.41) is 0.706. The predicted molar refractivity (Wildman–Crippen MR) is 88.0 cm³/mol. The molecule has 0 aromatic heterocycles. The van der Waals surface area contributed by atoms with Gasteiger partial charge in [-0.1, -0.05) is 23.7 Å². The molecular weight excluding hydrogens is 290 g/mol. The van der Waals surface area contributed by atoms with Crippen molar-refractivity contribution in [1.82, 2.24) is 0 Å². The van der Waals surface area contributed by atoms with E-state index in [0.717, 1.165) is 27.6 Å². The fraction of sp³-hybridized carbons (Fsp3) is 0.250. The van der Waals surface area contributed by atoms with Crippen molar-refractivity contribution in [2.24, 2.45) is 0 Å². The number of benzene rings is 2. The average Bonchev–Trinajstić information content (AvgIpc) is 2.42. The highest BCUT2D eigenvalue weighted by Gasteiger charge is 2.03. The van der Waals surface area contributed by atoms with Crippen molar-refractivity contribution in [3.63, 3.8) is 0 Å². The van der Waals surface area contributed by atoms with E-state index in [0.29, 0.717) is 11.6 Å². The molecule has 0 saturated carbocycles. The summed E-state index contributed by atoms with van der Waals surface area (Å²) < 4.78 is 5.81.